The second-order valence-electron chi connectivity index (χ2n) is 4.70. The molecule has 0 bridgehead atoms. The van der Waals surface area contributed by atoms with Crippen molar-refractivity contribution >= 4 is 11.5 Å². The topological polar surface area (TPSA) is 91.8 Å². The molecule has 0 saturated heterocycles. The van der Waals surface area contributed by atoms with Gasteiger partial charge in [-0.15, -0.1) is 0 Å². The molecule has 0 atom stereocenters. The summed E-state index contributed by atoms with van der Waals surface area (Å²) < 4.78 is 5.56. The molecule has 0 unspecified atom stereocenters. The Morgan fingerprint density at radius 1 is 1.26 bits per heavy atom. The van der Waals surface area contributed by atoms with E-state index in [1.807, 2.05) is 13.8 Å². The summed E-state index contributed by atoms with van der Waals surface area (Å²) in [6, 6.07) is 3.47. The van der Waals surface area contributed by atoms with Gasteiger partial charge in [-0.1, -0.05) is 13.8 Å². The van der Waals surface area contributed by atoms with Crippen LogP contribution in [0, 0.1) is 5.92 Å². The highest BCUT2D eigenvalue weighted by Crippen LogP contribution is 2.23. The Hall–Kier alpha value is -1.53. The van der Waals surface area contributed by atoms with Crippen molar-refractivity contribution in [2.45, 2.75) is 13.8 Å². The van der Waals surface area contributed by atoms with Gasteiger partial charge >= 0.3 is 0 Å². The maximum Gasteiger partial charge on any atom is 0.239 e. The number of aromatic nitrogens is 1. The minimum atomic E-state index is -0.00571. The molecule has 0 saturated carbocycles. The molecule has 0 aromatic carbocycles. The van der Waals surface area contributed by atoms with Gasteiger partial charge in [0.05, 0.1) is 25.5 Å². The average Bonchev–Trinajstić information content (AvgIpc) is 2.37. The molecule has 1 aromatic heterocycles. The first-order chi connectivity index (χ1) is 9.08. The molecule has 0 aliphatic heterocycles. The van der Waals surface area contributed by atoms with Crippen LogP contribution < -0.4 is 15.4 Å². The summed E-state index contributed by atoms with van der Waals surface area (Å²) in [4.78, 5) is 6.12. The summed E-state index contributed by atoms with van der Waals surface area (Å²) in [5.41, 5.74) is 6.30. The largest absolute Gasteiger partial charge is 0.476 e. The Morgan fingerprint density at radius 2 is 1.89 bits per heavy atom. The molecule has 6 heteroatoms. The Kier molecular flexibility index (Phi) is 6.38. The van der Waals surface area contributed by atoms with Gasteiger partial charge in [0.1, 0.15) is 5.82 Å². The van der Waals surface area contributed by atoms with Crippen LogP contribution in [0.15, 0.2) is 12.1 Å². The van der Waals surface area contributed by atoms with E-state index in [-0.39, 0.29) is 13.2 Å². The molecule has 108 valence electrons. The summed E-state index contributed by atoms with van der Waals surface area (Å²) in [7, 11) is 0. The molecule has 0 aliphatic carbocycles. The Bertz CT molecular complexity index is 379. The number of aliphatic hydroxyl groups excluding tert-OH is 2. The molecule has 19 heavy (non-hydrogen) atoms. The Morgan fingerprint density at radius 3 is 2.42 bits per heavy atom. The Balaban J connectivity index is 2.85. The highest BCUT2D eigenvalue weighted by Gasteiger charge is 2.11. The van der Waals surface area contributed by atoms with Gasteiger partial charge in [0.25, 0.3) is 0 Å². The van der Waals surface area contributed by atoms with E-state index in [2.05, 4.69) is 4.98 Å². The van der Waals surface area contributed by atoms with Gasteiger partial charge in [0, 0.05) is 13.1 Å². The average molecular weight is 269 g/mol. The number of rotatable bonds is 8. The molecule has 0 fully saturated rings. The van der Waals surface area contributed by atoms with Gasteiger partial charge in [-0.05, 0) is 18.1 Å². The van der Waals surface area contributed by atoms with Gasteiger partial charge < -0.3 is 25.6 Å². The van der Waals surface area contributed by atoms with E-state index in [0.717, 1.165) is 0 Å². The summed E-state index contributed by atoms with van der Waals surface area (Å²) in [5.74, 6) is 1.42. The van der Waals surface area contributed by atoms with E-state index in [0.29, 0.717) is 43.0 Å². The first-order valence-electron chi connectivity index (χ1n) is 6.44. The first-order valence-corrected chi connectivity index (χ1v) is 6.44. The molecule has 0 spiro atoms. The first kappa shape index (κ1) is 15.5. The second kappa shape index (κ2) is 7.81. The number of nitrogens with zero attached hydrogens (tertiary/aromatic N) is 2. The number of anilines is 2. The predicted octanol–water partition coefficient (Wildman–Crippen LogP) is 0.490. The number of hydrogen-bond donors (Lipinski definition) is 3. The van der Waals surface area contributed by atoms with E-state index in [9.17, 15) is 0 Å². The molecule has 6 nitrogen and oxygen atoms in total. The van der Waals surface area contributed by atoms with Crippen molar-refractivity contribution in [1.82, 2.24) is 4.98 Å². The number of pyridine rings is 1. The third kappa shape index (κ3) is 4.92. The monoisotopic (exact) mass is 269 g/mol. The van der Waals surface area contributed by atoms with E-state index in [1.54, 1.807) is 17.0 Å². The van der Waals surface area contributed by atoms with Crippen LogP contribution in [0.4, 0.5) is 11.5 Å². The normalized spacial score (nSPS) is 10.8. The fraction of sp³-hybridized carbons (Fsp3) is 0.615. The zero-order chi connectivity index (χ0) is 14.3. The van der Waals surface area contributed by atoms with Crippen molar-refractivity contribution < 1.29 is 14.9 Å². The predicted molar refractivity (Wildman–Crippen MR) is 75.4 cm³/mol. The van der Waals surface area contributed by atoms with E-state index in [1.165, 1.54) is 0 Å². The quantitative estimate of drug-likeness (QED) is 0.636. The number of nitrogens with two attached hydrogens (primary N) is 1. The van der Waals surface area contributed by atoms with Crippen molar-refractivity contribution in [2.24, 2.45) is 5.92 Å². The zero-order valence-corrected chi connectivity index (χ0v) is 11.5. The molecule has 1 heterocycles. The highest BCUT2D eigenvalue weighted by molar-refractivity contribution is 5.54. The van der Waals surface area contributed by atoms with Crippen LogP contribution in [0.3, 0.4) is 0 Å². The SMILES string of the molecule is CC(C)COc1nc(N(CCO)CCO)ccc1N. The lowest BCUT2D eigenvalue weighted by atomic mass is 10.2. The van der Waals surface area contributed by atoms with Crippen molar-refractivity contribution in [2.75, 3.05) is 43.5 Å². The van der Waals surface area contributed by atoms with Crippen LogP contribution in [0.25, 0.3) is 0 Å². The van der Waals surface area contributed by atoms with Crippen molar-refractivity contribution in [3.05, 3.63) is 12.1 Å². The summed E-state index contributed by atoms with van der Waals surface area (Å²) in [6.45, 7) is 5.43. The molecule has 0 aliphatic rings. The Labute approximate surface area is 113 Å². The van der Waals surface area contributed by atoms with E-state index >= 15 is 0 Å². The van der Waals surface area contributed by atoms with Crippen molar-refractivity contribution in [1.29, 1.82) is 0 Å². The van der Waals surface area contributed by atoms with Crippen LogP contribution in [0.5, 0.6) is 5.88 Å². The molecule has 0 radical (unpaired) electrons. The number of aliphatic hydroxyl groups is 2. The lowest BCUT2D eigenvalue weighted by Crippen LogP contribution is -2.30. The third-order valence-electron chi connectivity index (χ3n) is 2.49. The van der Waals surface area contributed by atoms with E-state index < -0.39 is 0 Å². The number of nitrogen functional groups attached to an aromatic ring is 1. The van der Waals surface area contributed by atoms with E-state index in [4.69, 9.17) is 20.7 Å². The van der Waals surface area contributed by atoms with Crippen molar-refractivity contribution in [3.63, 3.8) is 0 Å². The van der Waals surface area contributed by atoms with Gasteiger partial charge in [-0.3, -0.25) is 0 Å². The summed E-state index contributed by atoms with van der Waals surface area (Å²) >= 11 is 0. The van der Waals surface area contributed by atoms with Gasteiger partial charge in [-0.2, -0.15) is 4.98 Å². The lowest BCUT2D eigenvalue weighted by Gasteiger charge is -2.22. The fourth-order valence-electron chi connectivity index (χ4n) is 1.56. The van der Waals surface area contributed by atoms with Crippen LogP contribution >= 0.6 is 0 Å². The summed E-state index contributed by atoms with van der Waals surface area (Å²) in [5, 5.41) is 18.0. The minimum absolute atomic E-state index is 0.00571. The highest BCUT2D eigenvalue weighted by atomic mass is 16.5. The van der Waals surface area contributed by atoms with Crippen LogP contribution in [-0.2, 0) is 0 Å². The standard InChI is InChI=1S/C13H23N3O3/c1-10(2)9-19-13-11(14)3-4-12(15-13)16(5-7-17)6-8-18/h3-4,10,17-18H,5-9,14H2,1-2H3. The smallest absolute Gasteiger partial charge is 0.239 e. The molecular weight excluding hydrogens is 246 g/mol. The molecule has 1 rings (SSSR count). The zero-order valence-electron chi connectivity index (χ0n) is 11.5. The fourth-order valence-corrected chi connectivity index (χ4v) is 1.56. The number of ether oxygens (including phenoxy) is 1. The lowest BCUT2D eigenvalue weighted by molar-refractivity contribution is 0.261. The van der Waals surface area contributed by atoms with Gasteiger partial charge in [0.2, 0.25) is 5.88 Å². The second-order valence-corrected chi connectivity index (χ2v) is 4.70. The molecule has 4 N–H and O–H groups in total. The third-order valence-corrected chi connectivity index (χ3v) is 2.49. The van der Waals surface area contributed by atoms with Crippen LogP contribution in [0.1, 0.15) is 13.8 Å². The van der Waals surface area contributed by atoms with Gasteiger partial charge in [0.15, 0.2) is 0 Å². The van der Waals surface area contributed by atoms with Crippen LogP contribution in [0.2, 0.25) is 0 Å². The minimum Gasteiger partial charge on any atom is -0.476 e. The van der Waals surface area contributed by atoms with Crippen molar-refractivity contribution in [3.8, 4) is 5.88 Å². The molecular formula is C13H23N3O3. The van der Waals surface area contributed by atoms with Crippen LogP contribution in [-0.4, -0.2) is 48.1 Å². The maximum atomic E-state index is 9.02. The number of hydrogen-bond acceptors (Lipinski definition) is 6. The summed E-state index contributed by atoms with van der Waals surface area (Å²) in [6.07, 6.45) is 0. The molecule has 0 amide bonds. The van der Waals surface area contributed by atoms with Gasteiger partial charge in [-0.25, -0.2) is 0 Å². The maximum absolute atomic E-state index is 9.02. The molecule has 1 aromatic rings.